The third kappa shape index (κ3) is 2.21. The minimum Gasteiger partial charge on any atom is -0.504 e. The van der Waals surface area contributed by atoms with Crippen molar-refractivity contribution in [3.05, 3.63) is 18.3 Å². The van der Waals surface area contributed by atoms with Gasteiger partial charge in [-0.3, -0.25) is 0 Å². The third-order valence-electron chi connectivity index (χ3n) is 2.60. The van der Waals surface area contributed by atoms with Gasteiger partial charge in [0.15, 0.2) is 11.5 Å². The molecular weight excluding hydrogens is 298 g/mol. The molecule has 2 aromatic heterocycles. The quantitative estimate of drug-likeness (QED) is 0.389. The van der Waals surface area contributed by atoms with Gasteiger partial charge in [0.2, 0.25) is 10.3 Å². The van der Waals surface area contributed by atoms with Crippen LogP contribution < -0.4 is 0 Å². The highest BCUT2D eigenvalue weighted by atomic mass is 32.2. The fourth-order valence-electron chi connectivity index (χ4n) is 1.68. The Kier molecular flexibility index (Phi) is 3.28. The molecule has 1 aromatic carbocycles. The van der Waals surface area contributed by atoms with E-state index in [9.17, 15) is 10.2 Å². The van der Waals surface area contributed by atoms with E-state index in [4.69, 9.17) is 0 Å². The van der Waals surface area contributed by atoms with Crippen LogP contribution in [0.25, 0.3) is 10.9 Å². The highest BCUT2D eigenvalue weighted by Gasteiger charge is 2.13. The number of fused-ring (bicyclic) bond motifs is 1. The van der Waals surface area contributed by atoms with Crippen LogP contribution in [0.3, 0.4) is 0 Å². The van der Waals surface area contributed by atoms with Gasteiger partial charge >= 0.3 is 0 Å². The van der Waals surface area contributed by atoms with E-state index in [2.05, 4.69) is 24.6 Å². The van der Waals surface area contributed by atoms with Crippen molar-refractivity contribution in [3.8, 4) is 11.5 Å². The van der Waals surface area contributed by atoms with E-state index in [1.54, 1.807) is 12.3 Å². The monoisotopic (exact) mass is 307 g/mol. The summed E-state index contributed by atoms with van der Waals surface area (Å²) in [4.78, 5) is 7.06. The van der Waals surface area contributed by atoms with Gasteiger partial charge in [0.05, 0.1) is 5.52 Å². The van der Waals surface area contributed by atoms with Crippen LogP contribution in [-0.4, -0.2) is 30.8 Å². The van der Waals surface area contributed by atoms with E-state index >= 15 is 0 Å². The molecular formula is C11H9N5O2S2. The van der Waals surface area contributed by atoms with Gasteiger partial charge in [0.1, 0.15) is 5.69 Å². The summed E-state index contributed by atoms with van der Waals surface area (Å²) in [7, 11) is 0. The fraction of sp³-hybridized carbons (Fsp3) is 0.0909. The van der Waals surface area contributed by atoms with Crippen LogP contribution in [0, 0.1) is 0 Å². The number of aromatic hydroxyl groups is 2. The average molecular weight is 307 g/mol. The molecule has 7 nitrogen and oxygen atoms in total. The molecule has 3 aromatic rings. The molecule has 0 amide bonds. The van der Waals surface area contributed by atoms with Gasteiger partial charge in [-0.1, -0.05) is 11.8 Å². The molecule has 0 saturated carbocycles. The zero-order chi connectivity index (χ0) is 14.1. The van der Waals surface area contributed by atoms with Crippen LogP contribution in [0.4, 0.5) is 10.8 Å². The Morgan fingerprint density at radius 1 is 1.35 bits per heavy atom. The lowest BCUT2D eigenvalue weighted by Crippen LogP contribution is -1.74. The van der Waals surface area contributed by atoms with Crippen LogP contribution in [0.2, 0.25) is 0 Å². The average Bonchev–Trinajstić information content (AvgIpc) is 3.07. The van der Waals surface area contributed by atoms with E-state index in [1.807, 2.05) is 6.26 Å². The molecule has 0 bridgehead atoms. The number of benzene rings is 1. The Balaban J connectivity index is 2.05. The molecule has 2 heterocycles. The summed E-state index contributed by atoms with van der Waals surface area (Å²) >= 11 is 2.53. The molecule has 0 unspecified atom stereocenters. The maximum absolute atomic E-state index is 9.89. The maximum Gasteiger partial charge on any atom is 0.250 e. The molecule has 0 aliphatic rings. The van der Waals surface area contributed by atoms with Crippen LogP contribution in [0.15, 0.2) is 33.7 Å². The molecule has 0 spiro atoms. The van der Waals surface area contributed by atoms with Crippen molar-refractivity contribution in [2.75, 3.05) is 6.26 Å². The van der Waals surface area contributed by atoms with Gasteiger partial charge in [-0.25, -0.2) is 0 Å². The Hall–Kier alpha value is -2.13. The fourth-order valence-corrected chi connectivity index (χ4v) is 2.73. The molecule has 0 aliphatic carbocycles. The first-order chi connectivity index (χ1) is 9.69. The first-order valence-electron chi connectivity index (χ1n) is 5.50. The standard InChI is InChI=1S/C11H9N5O2S2/c1-19-11-13-10(20-16-11)15-14-8-5-2-3-12-6(5)4-7(17)9(8)18/h2-4,12,17-18H,1H3/b15-14+. The summed E-state index contributed by atoms with van der Waals surface area (Å²) in [6.45, 7) is 0. The Morgan fingerprint density at radius 3 is 2.95 bits per heavy atom. The van der Waals surface area contributed by atoms with E-state index in [-0.39, 0.29) is 17.2 Å². The van der Waals surface area contributed by atoms with E-state index in [0.29, 0.717) is 21.2 Å². The highest BCUT2D eigenvalue weighted by Crippen LogP contribution is 2.42. The van der Waals surface area contributed by atoms with Crippen molar-refractivity contribution < 1.29 is 10.2 Å². The summed E-state index contributed by atoms with van der Waals surface area (Å²) in [6.07, 6.45) is 3.56. The number of H-pyrrole nitrogens is 1. The summed E-state index contributed by atoms with van der Waals surface area (Å²) in [5.41, 5.74) is 0.860. The van der Waals surface area contributed by atoms with Crippen LogP contribution >= 0.6 is 23.3 Å². The van der Waals surface area contributed by atoms with Gasteiger partial charge in [-0.15, -0.1) is 10.2 Å². The van der Waals surface area contributed by atoms with Crippen molar-refractivity contribution in [3.63, 3.8) is 0 Å². The number of aromatic nitrogens is 3. The summed E-state index contributed by atoms with van der Waals surface area (Å²) in [6, 6.07) is 3.18. The largest absolute Gasteiger partial charge is 0.504 e. The van der Waals surface area contributed by atoms with Crippen LogP contribution in [0.1, 0.15) is 0 Å². The first-order valence-corrected chi connectivity index (χ1v) is 7.50. The molecule has 9 heteroatoms. The molecule has 3 rings (SSSR count). The van der Waals surface area contributed by atoms with Crippen molar-refractivity contribution in [1.82, 2.24) is 14.3 Å². The van der Waals surface area contributed by atoms with Crippen molar-refractivity contribution >= 4 is 45.0 Å². The number of nitrogens with zero attached hydrogens (tertiary/aromatic N) is 4. The minimum atomic E-state index is -0.310. The molecule has 0 atom stereocenters. The molecule has 0 aliphatic heterocycles. The molecule has 0 radical (unpaired) electrons. The second kappa shape index (κ2) is 5.10. The van der Waals surface area contributed by atoms with Crippen molar-refractivity contribution in [2.45, 2.75) is 5.16 Å². The number of nitrogens with one attached hydrogen (secondary N) is 1. The summed E-state index contributed by atoms with van der Waals surface area (Å²) in [5.74, 6) is -0.563. The molecule has 20 heavy (non-hydrogen) atoms. The van der Waals surface area contributed by atoms with Crippen LogP contribution in [-0.2, 0) is 0 Å². The zero-order valence-electron chi connectivity index (χ0n) is 10.2. The number of rotatable bonds is 3. The second-order valence-electron chi connectivity index (χ2n) is 3.80. The maximum atomic E-state index is 9.89. The number of hydrogen-bond acceptors (Lipinski definition) is 8. The molecule has 0 fully saturated rings. The number of thioether (sulfide) groups is 1. The van der Waals surface area contributed by atoms with Gasteiger partial charge in [0, 0.05) is 29.2 Å². The number of phenols is 2. The Labute approximate surface area is 121 Å². The molecule has 102 valence electrons. The SMILES string of the molecule is CSc1nsc(/N=N/c2c(O)c(O)cc3[nH]ccc23)n1. The predicted octanol–water partition coefficient (Wildman–Crippen LogP) is 3.57. The zero-order valence-corrected chi connectivity index (χ0v) is 11.9. The molecule has 0 saturated heterocycles. The van der Waals surface area contributed by atoms with Crippen LogP contribution in [0.5, 0.6) is 11.5 Å². The Morgan fingerprint density at radius 2 is 2.20 bits per heavy atom. The molecule has 3 N–H and O–H groups in total. The number of azo groups is 1. The highest BCUT2D eigenvalue weighted by molar-refractivity contribution is 7.98. The number of hydrogen-bond donors (Lipinski definition) is 3. The lowest BCUT2D eigenvalue weighted by Gasteiger charge is -2.02. The lowest BCUT2D eigenvalue weighted by atomic mass is 10.2. The minimum absolute atomic E-state index is 0.196. The van der Waals surface area contributed by atoms with Crippen molar-refractivity contribution in [1.29, 1.82) is 0 Å². The Bertz CT molecular complexity index is 795. The van der Waals surface area contributed by atoms with E-state index in [1.165, 1.54) is 17.8 Å². The normalized spacial score (nSPS) is 11.7. The number of aromatic amines is 1. The van der Waals surface area contributed by atoms with Gasteiger partial charge in [-0.2, -0.15) is 9.36 Å². The third-order valence-corrected chi connectivity index (χ3v) is 3.86. The summed E-state index contributed by atoms with van der Waals surface area (Å²) < 4.78 is 4.06. The van der Waals surface area contributed by atoms with Gasteiger partial charge < -0.3 is 15.2 Å². The smallest absolute Gasteiger partial charge is 0.250 e. The summed E-state index contributed by atoms with van der Waals surface area (Å²) in [5, 5.41) is 29.1. The van der Waals surface area contributed by atoms with Gasteiger partial charge in [-0.05, 0) is 12.3 Å². The first kappa shape index (κ1) is 12.9. The van der Waals surface area contributed by atoms with E-state index < -0.39 is 0 Å². The topological polar surface area (TPSA) is 107 Å². The van der Waals surface area contributed by atoms with Crippen molar-refractivity contribution in [2.24, 2.45) is 10.2 Å². The van der Waals surface area contributed by atoms with Gasteiger partial charge in [0.25, 0.3) is 0 Å². The second-order valence-corrected chi connectivity index (χ2v) is 5.30. The number of phenolic OH excluding ortho intramolecular Hbond substituents is 2. The predicted molar refractivity (Wildman–Crippen MR) is 77.5 cm³/mol. The lowest BCUT2D eigenvalue weighted by molar-refractivity contribution is 0.405. The van der Waals surface area contributed by atoms with E-state index in [0.717, 1.165) is 11.5 Å².